The van der Waals surface area contributed by atoms with Crippen LogP contribution in [-0.2, 0) is 0 Å². The molecule has 0 bridgehead atoms. The van der Waals surface area contributed by atoms with Crippen LogP contribution < -0.4 is 0 Å². The molecule has 0 aliphatic heterocycles. The quantitative estimate of drug-likeness (QED) is 0.626. The summed E-state index contributed by atoms with van der Waals surface area (Å²) in [5, 5.41) is 0. The van der Waals surface area contributed by atoms with Gasteiger partial charge in [-0.05, 0) is 25.7 Å². The summed E-state index contributed by atoms with van der Waals surface area (Å²) in [6.07, 6.45) is 9.20. The van der Waals surface area contributed by atoms with Crippen LogP contribution in [0.5, 0.6) is 0 Å². The van der Waals surface area contributed by atoms with Crippen LogP contribution in [0.15, 0.2) is 46.6 Å². The number of hydrogen-bond acceptors (Lipinski definition) is 0. The lowest BCUT2D eigenvalue weighted by atomic mass is 9.80. The molecule has 2 unspecified atom stereocenters. The summed E-state index contributed by atoms with van der Waals surface area (Å²) in [6.45, 7) is 11.5. The van der Waals surface area contributed by atoms with Gasteiger partial charge in [-0.3, -0.25) is 0 Å². The molecule has 2 atom stereocenters. The minimum Gasteiger partial charge on any atom is -0.0773 e. The van der Waals surface area contributed by atoms with Crippen molar-refractivity contribution in [1.29, 1.82) is 0 Å². The third-order valence-corrected chi connectivity index (χ3v) is 4.09. The zero-order valence-corrected chi connectivity index (χ0v) is 11.0. The van der Waals surface area contributed by atoms with Crippen molar-refractivity contribution in [3.05, 3.63) is 46.6 Å². The van der Waals surface area contributed by atoms with E-state index >= 15 is 0 Å². The molecule has 0 N–H and O–H groups in total. The third kappa shape index (κ3) is 1.71. The summed E-state index contributed by atoms with van der Waals surface area (Å²) >= 11 is 0. The highest BCUT2D eigenvalue weighted by atomic mass is 14.3. The molecule has 0 heterocycles. The van der Waals surface area contributed by atoms with Gasteiger partial charge in [0, 0.05) is 5.92 Å². The molecule has 0 aromatic rings. The molecule has 2 aliphatic rings. The Bertz CT molecular complexity index is 375. The highest BCUT2D eigenvalue weighted by Gasteiger charge is 2.27. The fourth-order valence-electron chi connectivity index (χ4n) is 3.33. The van der Waals surface area contributed by atoms with Crippen molar-refractivity contribution in [2.75, 3.05) is 0 Å². The van der Waals surface area contributed by atoms with Crippen molar-refractivity contribution in [2.24, 2.45) is 17.8 Å². The van der Waals surface area contributed by atoms with Gasteiger partial charge < -0.3 is 0 Å². The molecule has 86 valence electrons. The predicted octanol–water partition coefficient (Wildman–Crippen LogP) is 4.67. The number of hydrogen-bond donors (Lipinski definition) is 0. The largest absolute Gasteiger partial charge is 0.0773 e. The van der Waals surface area contributed by atoms with Gasteiger partial charge in [-0.1, -0.05) is 67.4 Å². The minimum absolute atomic E-state index is 0.593. The molecule has 0 heteroatoms. The first-order chi connectivity index (χ1) is 7.52. The molecule has 0 amide bonds. The van der Waals surface area contributed by atoms with E-state index in [1.807, 2.05) is 0 Å². The summed E-state index contributed by atoms with van der Waals surface area (Å²) < 4.78 is 0. The molecule has 0 fully saturated rings. The zero-order chi connectivity index (χ0) is 11.9. The lowest BCUT2D eigenvalue weighted by Gasteiger charge is -2.24. The molecule has 16 heavy (non-hydrogen) atoms. The van der Waals surface area contributed by atoms with E-state index in [0.29, 0.717) is 17.8 Å². The van der Waals surface area contributed by atoms with Gasteiger partial charge in [0.2, 0.25) is 0 Å². The van der Waals surface area contributed by atoms with Crippen LogP contribution in [0.25, 0.3) is 0 Å². The van der Waals surface area contributed by atoms with Gasteiger partial charge in [-0.2, -0.15) is 0 Å². The Kier molecular flexibility index (Phi) is 2.92. The van der Waals surface area contributed by atoms with E-state index in [4.69, 9.17) is 0 Å². The predicted molar refractivity (Wildman–Crippen MR) is 71.2 cm³/mol. The van der Waals surface area contributed by atoms with Crippen LogP contribution in [0.2, 0.25) is 0 Å². The summed E-state index contributed by atoms with van der Waals surface area (Å²) in [6, 6.07) is 0. The smallest absolute Gasteiger partial charge is 0.000161 e. The van der Waals surface area contributed by atoms with Crippen LogP contribution in [0.1, 0.15) is 34.6 Å². The topological polar surface area (TPSA) is 0 Å². The Labute approximate surface area is 99.4 Å². The Morgan fingerprint density at radius 2 is 1.25 bits per heavy atom. The zero-order valence-electron chi connectivity index (χ0n) is 11.0. The summed E-state index contributed by atoms with van der Waals surface area (Å²) in [5.41, 5.74) is 6.17. The second-order valence-corrected chi connectivity index (χ2v) is 5.29. The van der Waals surface area contributed by atoms with Crippen molar-refractivity contribution in [2.45, 2.75) is 34.6 Å². The van der Waals surface area contributed by atoms with Gasteiger partial charge in [0.05, 0.1) is 0 Å². The van der Waals surface area contributed by atoms with Gasteiger partial charge in [0.25, 0.3) is 0 Å². The van der Waals surface area contributed by atoms with E-state index in [0.717, 1.165) is 0 Å². The first kappa shape index (κ1) is 11.4. The van der Waals surface area contributed by atoms with E-state index in [9.17, 15) is 0 Å². The lowest BCUT2D eigenvalue weighted by molar-refractivity contribution is 0.633. The fourth-order valence-corrected chi connectivity index (χ4v) is 3.33. The first-order valence-corrected chi connectivity index (χ1v) is 6.30. The Hall–Kier alpha value is -1.04. The van der Waals surface area contributed by atoms with Gasteiger partial charge in [-0.15, -0.1) is 0 Å². The van der Waals surface area contributed by atoms with E-state index in [1.165, 1.54) is 11.1 Å². The van der Waals surface area contributed by atoms with Crippen LogP contribution in [-0.4, -0.2) is 0 Å². The maximum absolute atomic E-state index is 2.37. The van der Waals surface area contributed by atoms with Gasteiger partial charge >= 0.3 is 0 Å². The molecule has 0 nitrogen and oxygen atoms in total. The van der Waals surface area contributed by atoms with E-state index < -0.39 is 0 Å². The Morgan fingerprint density at radius 1 is 0.875 bits per heavy atom. The molecule has 0 radical (unpaired) electrons. The van der Waals surface area contributed by atoms with Crippen molar-refractivity contribution in [3.63, 3.8) is 0 Å². The Morgan fingerprint density at radius 3 is 1.50 bits per heavy atom. The third-order valence-electron chi connectivity index (χ3n) is 4.09. The molecular formula is C16H22. The summed E-state index contributed by atoms with van der Waals surface area (Å²) in [4.78, 5) is 0. The molecule has 0 aromatic carbocycles. The first-order valence-electron chi connectivity index (χ1n) is 6.30. The molecule has 0 saturated heterocycles. The average Bonchev–Trinajstić information content (AvgIpc) is 2.71. The summed E-state index contributed by atoms with van der Waals surface area (Å²) in [5.74, 6) is 1.82. The second kappa shape index (κ2) is 4.08. The monoisotopic (exact) mass is 214 g/mol. The molecule has 2 rings (SSSR count). The van der Waals surface area contributed by atoms with Crippen LogP contribution in [0.4, 0.5) is 0 Å². The molecule has 0 spiro atoms. The molecule has 0 aromatic heterocycles. The van der Waals surface area contributed by atoms with Crippen molar-refractivity contribution < 1.29 is 0 Å². The molecular weight excluding hydrogens is 192 g/mol. The minimum atomic E-state index is 0.593. The number of rotatable bonds is 2. The van der Waals surface area contributed by atoms with E-state index in [-0.39, 0.29) is 0 Å². The van der Waals surface area contributed by atoms with Gasteiger partial charge in [0.1, 0.15) is 0 Å². The van der Waals surface area contributed by atoms with E-state index in [2.05, 4.69) is 58.9 Å². The van der Waals surface area contributed by atoms with Gasteiger partial charge in [-0.25, -0.2) is 0 Å². The van der Waals surface area contributed by atoms with Crippen molar-refractivity contribution in [3.8, 4) is 0 Å². The second-order valence-electron chi connectivity index (χ2n) is 5.29. The molecule has 2 aliphatic carbocycles. The highest BCUT2D eigenvalue weighted by molar-refractivity contribution is 5.45. The fraction of sp³-hybridized carbons (Fsp3) is 0.500. The average molecular weight is 214 g/mol. The Balaban J connectivity index is 2.31. The molecule has 0 saturated carbocycles. The van der Waals surface area contributed by atoms with Gasteiger partial charge in [0.15, 0.2) is 0 Å². The van der Waals surface area contributed by atoms with Crippen LogP contribution >= 0.6 is 0 Å². The maximum Gasteiger partial charge on any atom is 0.000161 e. The van der Waals surface area contributed by atoms with Crippen LogP contribution in [0, 0.1) is 17.8 Å². The normalized spacial score (nSPS) is 30.8. The van der Waals surface area contributed by atoms with Crippen molar-refractivity contribution in [1.82, 2.24) is 0 Å². The van der Waals surface area contributed by atoms with Crippen LogP contribution in [0.3, 0.4) is 0 Å². The highest BCUT2D eigenvalue weighted by Crippen LogP contribution is 2.40. The SMILES string of the molecule is CC1=C(C(C)C2=C(C)C=CC2C)C(C)C=C1. The van der Waals surface area contributed by atoms with Crippen molar-refractivity contribution >= 4 is 0 Å². The number of allylic oxidation sites excluding steroid dienone is 8. The summed E-state index contributed by atoms with van der Waals surface area (Å²) in [7, 11) is 0. The standard InChI is InChI=1S/C16H22/c1-10-6-7-11(2)15(10)14(5)16-12(3)8-9-13(16)4/h6-10,12,14H,1-5H3. The maximum atomic E-state index is 2.37. The lowest BCUT2D eigenvalue weighted by Crippen LogP contribution is -2.12. The van der Waals surface area contributed by atoms with E-state index in [1.54, 1.807) is 11.1 Å².